The summed E-state index contributed by atoms with van der Waals surface area (Å²) in [6.45, 7) is 0.226. The van der Waals surface area contributed by atoms with E-state index in [1.54, 1.807) is 12.3 Å². The van der Waals surface area contributed by atoms with Gasteiger partial charge in [-0.15, -0.1) is 0 Å². The van der Waals surface area contributed by atoms with E-state index < -0.39 is 11.3 Å². The number of rotatable bonds is 4. The Morgan fingerprint density at radius 2 is 2.09 bits per heavy atom. The zero-order valence-electron chi connectivity index (χ0n) is 11.4. The van der Waals surface area contributed by atoms with Crippen molar-refractivity contribution in [3.05, 3.63) is 64.6 Å². The molecule has 3 rings (SSSR count). The normalized spacial score (nSPS) is 12.4. The summed E-state index contributed by atoms with van der Waals surface area (Å²) in [6.07, 6.45) is 1.63. The molecule has 0 saturated heterocycles. The second kappa shape index (κ2) is 6.18. The fourth-order valence-corrected chi connectivity index (χ4v) is 2.59. The van der Waals surface area contributed by atoms with Crippen molar-refractivity contribution in [2.75, 3.05) is 0 Å². The number of aromatic nitrogens is 2. The van der Waals surface area contributed by atoms with Crippen LogP contribution in [0.3, 0.4) is 0 Å². The molecule has 0 bridgehead atoms. The van der Waals surface area contributed by atoms with E-state index in [9.17, 15) is 13.6 Å². The maximum Gasteiger partial charge on any atom is 0.249 e. The molecule has 0 aliphatic heterocycles. The van der Waals surface area contributed by atoms with Crippen molar-refractivity contribution in [1.29, 1.82) is 0 Å². The smallest absolute Gasteiger partial charge is 0.249 e. The molecule has 0 amide bonds. The highest BCUT2D eigenvalue weighted by Gasteiger charge is 2.06. The lowest BCUT2D eigenvalue weighted by atomic mass is 10.0. The van der Waals surface area contributed by atoms with Crippen molar-refractivity contribution in [3.63, 3.8) is 0 Å². The third kappa shape index (κ3) is 3.11. The highest BCUT2D eigenvalue weighted by Crippen LogP contribution is 2.26. The molecule has 0 aliphatic carbocycles. The van der Waals surface area contributed by atoms with Crippen molar-refractivity contribution >= 4 is 22.3 Å². The first kappa shape index (κ1) is 14.6. The summed E-state index contributed by atoms with van der Waals surface area (Å²) in [5.41, 5.74) is 3.01. The molecule has 6 nitrogen and oxygen atoms in total. The summed E-state index contributed by atoms with van der Waals surface area (Å²) < 4.78 is 23.5. The van der Waals surface area contributed by atoms with Crippen LogP contribution in [0.5, 0.6) is 0 Å². The van der Waals surface area contributed by atoms with Crippen LogP contribution in [0.4, 0.5) is 0 Å². The minimum atomic E-state index is -2.29. The lowest BCUT2D eigenvalue weighted by molar-refractivity contribution is 0.522. The number of nitrogens with zero attached hydrogens (tertiary/aromatic N) is 1. The average molecular weight is 314 g/mol. The van der Waals surface area contributed by atoms with Gasteiger partial charge in [0, 0.05) is 35.5 Å². The van der Waals surface area contributed by atoms with E-state index in [4.69, 9.17) is 0 Å². The highest BCUT2D eigenvalue weighted by atomic mass is 32.2. The minimum Gasteiger partial charge on any atom is -0.760 e. The minimum absolute atomic E-state index is 0.201. The van der Waals surface area contributed by atoms with Crippen LogP contribution in [-0.2, 0) is 17.8 Å². The largest absolute Gasteiger partial charge is 0.760 e. The molecule has 3 aromatic rings. The molecule has 2 aromatic heterocycles. The molecule has 2 heterocycles. The van der Waals surface area contributed by atoms with E-state index in [1.807, 2.05) is 30.3 Å². The molecular weight excluding hydrogens is 302 g/mol. The number of hydrogen-bond acceptors (Lipinski definition) is 4. The van der Waals surface area contributed by atoms with Crippen molar-refractivity contribution in [2.24, 2.45) is 0 Å². The fraction of sp³-hybridized carbons (Fsp3) is 0.0667. The number of hydrogen-bond donors (Lipinski definition) is 2. The molecule has 0 spiro atoms. The van der Waals surface area contributed by atoms with Gasteiger partial charge < -0.3 is 9.54 Å². The Hall–Kier alpha value is -2.35. The van der Waals surface area contributed by atoms with Crippen LogP contribution >= 0.6 is 0 Å². The zero-order valence-corrected chi connectivity index (χ0v) is 12.2. The van der Waals surface area contributed by atoms with Gasteiger partial charge in [-0.2, -0.15) is 0 Å². The van der Waals surface area contributed by atoms with Gasteiger partial charge in [-0.25, -0.2) is 9.71 Å². The summed E-state index contributed by atoms with van der Waals surface area (Å²) >= 11 is -2.29. The second-order valence-electron chi connectivity index (χ2n) is 4.70. The van der Waals surface area contributed by atoms with Crippen molar-refractivity contribution in [1.82, 2.24) is 14.7 Å². The second-order valence-corrected chi connectivity index (χ2v) is 5.46. The summed E-state index contributed by atoms with van der Waals surface area (Å²) in [7, 11) is 0. The molecule has 2 N–H and O–H groups in total. The van der Waals surface area contributed by atoms with E-state index in [0.29, 0.717) is 5.65 Å². The maximum atomic E-state index is 11.4. The van der Waals surface area contributed by atoms with E-state index in [1.165, 1.54) is 6.07 Å². The predicted octanol–water partition coefficient (Wildman–Crippen LogP) is 1.47. The SMILES string of the molecule is O=c1ccc2c(-c3cccc(CNS(=O)[O-])c3)ccnc2[nH]1. The molecule has 7 heteroatoms. The summed E-state index contributed by atoms with van der Waals surface area (Å²) in [6, 6.07) is 12.6. The van der Waals surface area contributed by atoms with Crippen LogP contribution in [0.1, 0.15) is 5.56 Å². The van der Waals surface area contributed by atoms with Crippen molar-refractivity contribution in [3.8, 4) is 11.1 Å². The third-order valence-electron chi connectivity index (χ3n) is 3.27. The van der Waals surface area contributed by atoms with Crippen LogP contribution in [0, 0.1) is 0 Å². The lowest BCUT2D eigenvalue weighted by Crippen LogP contribution is -2.15. The fourth-order valence-electron chi connectivity index (χ4n) is 2.30. The summed E-state index contributed by atoms with van der Waals surface area (Å²) in [4.78, 5) is 18.2. The van der Waals surface area contributed by atoms with Gasteiger partial charge in [-0.1, -0.05) is 18.2 Å². The Labute approximate surface area is 128 Å². The van der Waals surface area contributed by atoms with E-state index >= 15 is 0 Å². The Morgan fingerprint density at radius 3 is 2.91 bits per heavy atom. The maximum absolute atomic E-state index is 11.4. The first-order valence-electron chi connectivity index (χ1n) is 6.53. The molecule has 0 aliphatic rings. The Bertz CT molecular complexity index is 908. The Kier molecular flexibility index (Phi) is 4.10. The molecular formula is C15H12N3O3S-. The number of nitrogens with one attached hydrogen (secondary N) is 2. The zero-order chi connectivity index (χ0) is 15.5. The van der Waals surface area contributed by atoms with E-state index in [0.717, 1.165) is 22.1 Å². The van der Waals surface area contributed by atoms with Crippen LogP contribution in [0.15, 0.2) is 53.5 Å². The Morgan fingerprint density at radius 1 is 1.23 bits per heavy atom. The topological polar surface area (TPSA) is 97.9 Å². The number of pyridine rings is 2. The van der Waals surface area contributed by atoms with Gasteiger partial charge >= 0.3 is 0 Å². The van der Waals surface area contributed by atoms with E-state index in [2.05, 4.69) is 14.7 Å². The van der Waals surface area contributed by atoms with E-state index in [-0.39, 0.29) is 12.1 Å². The number of fused-ring (bicyclic) bond motifs is 1. The monoisotopic (exact) mass is 314 g/mol. The molecule has 1 atom stereocenters. The summed E-state index contributed by atoms with van der Waals surface area (Å²) in [5, 5.41) is 0.833. The predicted molar refractivity (Wildman–Crippen MR) is 83.6 cm³/mol. The molecule has 1 aromatic carbocycles. The van der Waals surface area contributed by atoms with Gasteiger partial charge in [-0.05, 0) is 34.9 Å². The Balaban J connectivity index is 2.06. The van der Waals surface area contributed by atoms with Crippen molar-refractivity contribution in [2.45, 2.75) is 6.54 Å². The summed E-state index contributed by atoms with van der Waals surface area (Å²) in [5.74, 6) is 0. The van der Waals surface area contributed by atoms with Crippen molar-refractivity contribution < 1.29 is 8.76 Å². The first-order valence-corrected chi connectivity index (χ1v) is 7.61. The quantitative estimate of drug-likeness (QED) is 0.713. The molecule has 0 radical (unpaired) electrons. The van der Waals surface area contributed by atoms with Crippen LogP contribution in [-0.4, -0.2) is 18.7 Å². The average Bonchev–Trinajstić information content (AvgIpc) is 2.52. The van der Waals surface area contributed by atoms with Gasteiger partial charge in [0.1, 0.15) is 5.65 Å². The van der Waals surface area contributed by atoms with Gasteiger partial charge in [0.05, 0.1) is 0 Å². The molecule has 0 fully saturated rings. The van der Waals surface area contributed by atoms with Crippen LogP contribution < -0.4 is 10.3 Å². The lowest BCUT2D eigenvalue weighted by Gasteiger charge is -2.10. The first-order chi connectivity index (χ1) is 10.6. The number of aromatic amines is 1. The number of H-pyrrole nitrogens is 1. The van der Waals surface area contributed by atoms with Gasteiger partial charge in [0.25, 0.3) is 0 Å². The van der Waals surface area contributed by atoms with Crippen LogP contribution in [0.25, 0.3) is 22.2 Å². The van der Waals surface area contributed by atoms with Crippen LogP contribution in [0.2, 0.25) is 0 Å². The molecule has 0 saturated carbocycles. The standard InChI is InChI=1S/C15H13N3O3S/c19-14-5-4-13-12(6-7-16-15(13)18-14)11-3-1-2-10(8-11)9-17-22(20)21/h1-8,17H,9H2,(H,20,21)(H,16,18,19)/p-1. The number of benzene rings is 1. The van der Waals surface area contributed by atoms with Gasteiger partial charge in [0.2, 0.25) is 5.56 Å². The highest BCUT2D eigenvalue weighted by molar-refractivity contribution is 7.77. The third-order valence-corrected chi connectivity index (χ3v) is 3.65. The van der Waals surface area contributed by atoms with Gasteiger partial charge in [-0.3, -0.25) is 9.00 Å². The molecule has 112 valence electrons. The molecule has 22 heavy (non-hydrogen) atoms. The van der Waals surface area contributed by atoms with Gasteiger partial charge in [0.15, 0.2) is 0 Å². The molecule has 1 unspecified atom stereocenters.